The zero-order valence-corrected chi connectivity index (χ0v) is 19.4. The largest absolute Gasteiger partial charge is 0.0829 e. The lowest BCUT2D eigenvalue weighted by atomic mass is 9.99. The summed E-state index contributed by atoms with van der Waals surface area (Å²) in [5.41, 5.74) is 8.03. The zero-order valence-electron chi connectivity index (χ0n) is 18.0. The van der Waals surface area contributed by atoms with E-state index in [0.29, 0.717) is 5.54 Å². The highest BCUT2D eigenvalue weighted by molar-refractivity contribution is 6.48. The second-order valence-corrected chi connectivity index (χ2v) is 10.5. The molecule has 0 heterocycles. The molecule has 2 aromatic rings. The van der Waals surface area contributed by atoms with Gasteiger partial charge in [-0.2, -0.15) is 0 Å². The first kappa shape index (κ1) is 20.9. The van der Waals surface area contributed by atoms with Crippen molar-refractivity contribution in [3.63, 3.8) is 0 Å². The van der Waals surface area contributed by atoms with Crippen molar-refractivity contribution < 1.29 is 0 Å². The van der Waals surface area contributed by atoms with Gasteiger partial charge in [-0.15, -0.1) is 0 Å². The van der Waals surface area contributed by atoms with Gasteiger partial charge in [0.1, 0.15) is 0 Å². The minimum atomic E-state index is -0.374. The molecule has 0 saturated heterocycles. The maximum absolute atomic E-state index is 2.45. The fourth-order valence-corrected chi connectivity index (χ4v) is 6.45. The van der Waals surface area contributed by atoms with E-state index in [-0.39, 0.29) is 9.52 Å². The number of unbranched alkanes of at least 4 members (excludes halogenated alkanes) is 2. The van der Waals surface area contributed by atoms with Crippen LogP contribution in [0.2, 0.25) is 0 Å². The average Bonchev–Trinajstić information content (AvgIpc) is 3.15. The summed E-state index contributed by atoms with van der Waals surface area (Å²) in [4.78, 5) is 0. The van der Waals surface area contributed by atoms with Gasteiger partial charge >= 0.3 is 0 Å². The molecule has 0 radical (unpaired) electrons. The molecule has 0 atom stereocenters. The van der Waals surface area contributed by atoms with Crippen molar-refractivity contribution in [2.45, 2.75) is 71.3 Å². The molecule has 1 aliphatic carbocycles. The van der Waals surface area contributed by atoms with Gasteiger partial charge in [0, 0.05) is 5.54 Å². The number of hydrogen-bond donors (Lipinski definition) is 0. The van der Waals surface area contributed by atoms with Crippen molar-refractivity contribution in [2.24, 2.45) is 0 Å². The Balaban J connectivity index is 1.81. The summed E-state index contributed by atoms with van der Waals surface area (Å²) in [5, 5.41) is 1.70. The highest BCUT2D eigenvalue weighted by Crippen LogP contribution is 2.29. The van der Waals surface area contributed by atoms with Crippen LogP contribution < -0.4 is 0 Å². The maximum Gasteiger partial charge on any atom is 0.0632 e. The molecule has 0 aliphatic heterocycles. The van der Waals surface area contributed by atoms with Crippen LogP contribution in [-0.4, -0.2) is 9.52 Å². The van der Waals surface area contributed by atoms with E-state index in [2.05, 4.69) is 81.5 Å². The number of benzene rings is 2. The summed E-state index contributed by atoms with van der Waals surface area (Å²) in [5.74, 6) is 0. The van der Waals surface area contributed by atoms with Gasteiger partial charge in [-0.25, -0.2) is 0 Å². The highest BCUT2D eigenvalue weighted by atomic mass is 28.2. The van der Waals surface area contributed by atoms with E-state index in [4.69, 9.17) is 0 Å². The second-order valence-electron chi connectivity index (χ2n) is 8.40. The maximum atomic E-state index is 2.45. The summed E-state index contributed by atoms with van der Waals surface area (Å²) in [6, 6.07) is 19.1. The first-order chi connectivity index (χ1) is 13.7. The van der Waals surface area contributed by atoms with Crippen LogP contribution in [0.15, 0.2) is 71.5 Å². The predicted molar refractivity (Wildman–Crippen MR) is 127 cm³/mol. The standard InChI is InChI=1S/C27H36Si/c1-4-6-8-22-11-15-24(16-12-22)27(28-26-19-10-21(3)20-26)25-17-13-23(14-18-25)9-7-5-2/h10-18,20,27H,4-9,19,28H2,1-3H3. The number of hydrogen-bond acceptors (Lipinski definition) is 0. The van der Waals surface area contributed by atoms with E-state index < -0.39 is 0 Å². The molecule has 2 aromatic carbocycles. The second kappa shape index (κ2) is 10.6. The van der Waals surface area contributed by atoms with Crippen LogP contribution in [0.5, 0.6) is 0 Å². The Bertz CT molecular complexity index is 742. The number of allylic oxidation sites excluding steroid dienone is 4. The van der Waals surface area contributed by atoms with Gasteiger partial charge < -0.3 is 0 Å². The van der Waals surface area contributed by atoms with Crippen molar-refractivity contribution in [3.8, 4) is 0 Å². The molecule has 3 rings (SSSR count). The lowest BCUT2D eigenvalue weighted by Gasteiger charge is -2.19. The van der Waals surface area contributed by atoms with Gasteiger partial charge in [-0.3, -0.25) is 0 Å². The Kier molecular flexibility index (Phi) is 7.91. The molecule has 148 valence electrons. The first-order valence-electron chi connectivity index (χ1n) is 11.2. The number of aryl methyl sites for hydroxylation is 2. The molecule has 0 spiro atoms. The van der Waals surface area contributed by atoms with E-state index in [0.717, 1.165) is 0 Å². The predicted octanol–water partition coefficient (Wildman–Crippen LogP) is 6.86. The smallest absolute Gasteiger partial charge is 0.0632 e. The molecule has 1 heteroatoms. The molecule has 0 nitrogen and oxygen atoms in total. The quantitative estimate of drug-likeness (QED) is 0.390. The average molecular weight is 389 g/mol. The summed E-state index contributed by atoms with van der Waals surface area (Å²) >= 11 is 0. The molecule has 0 amide bonds. The van der Waals surface area contributed by atoms with Crippen LogP contribution in [0.3, 0.4) is 0 Å². The van der Waals surface area contributed by atoms with E-state index in [1.54, 1.807) is 5.20 Å². The van der Waals surface area contributed by atoms with Crippen molar-refractivity contribution in [1.29, 1.82) is 0 Å². The Morgan fingerprint density at radius 2 is 1.29 bits per heavy atom. The first-order valence-corrected chi connectivity index (χ1v) is 12.8. The molecular weight excluding hydrogens is 352 g/mol. The van der Waals surface area contributed by atoms with Gasteiger partial charge in [0.05, 0.1) is 9.52 Å². The lowest BCUT2D eigenvalue weighted by Crippen LogP contribution is -2.12. The minimum Gasteiger partial charge on any atom is -0.0829 e. The van der Waals surface area contributed by atoms with Crippen LogP contribution in [0.1, 0.15) is 80.7 Å². The van der Waals surface area contributed by atoms with Gasteiger partial charge in [0.2, 0.25) is 0 Å². The van der Waals surface area contributed by atoms with Crippen LogP contribution in [0.25, 0.3) is 0 Å². The van der Waals surface area contributed by atoms with Crippen molar-refractivity contribution in [3.05, 3.63) is 93.7 Å². The zero-order chi connectivity index (χ0) is 19.8. The monoisotopic (exact) mass is 388 g/mol. The Hall–Kier alpha value is -1.86. The normalized spacial score (nSPS) is 14.1. The third kappa shape index (κ3) is 5.82. The third-order valence-corrected chi connectivity index (χ3v) is 8.35. The van der Waals surface area contributed by atoms with Gasteiger partial charge in [0.25, 0.3) is 0 Å². The topological polar surface area (TPSA) is 0 Å². The molecule has 0 fully saturated rings. The van der Waals surface area contributed by atoms with Crippen molar-refractivity contribution in [1.82, 2.24) is 0 Å². The Morgan fingerprint density at radius 1 is 0.786 bits per heavy atom. The Labute approximate surface area is 174 Å². The van der Waals surface area contributed by atoms with E-state index in [1.807, 2.05) is 0 Å². The Morgan fingerprint density at radius 3 is 1.68 bits per heavy atom. The highest BCUT2D eigenvalue weighted by Gasteiger charge is 2.18. The van der Waals surface area contributed by atoms with E-state index >= 15 is 0 Å². The fourth-order valence-electron chi connectivity index (χ4n) is 4.16. The molecule has 0 bridgehead atoms. The van der Waals surface area contributed by atoms with Gasteiger partial charge in [-0.1, -0.05) is 98.1 Å². The molecule has 0 unspecified atom stereocenters. The fraction of sp³-hybridized carbons (Fsp3) is 0.407. The molecule has 0 saturated carbocycles. The molecule has 0 N–H and O–H groups in total. The SMILES string of the molecule is CCCCc1ccc(C([SiH2]C2=CC(C)=CC2)c2ccc(CCCC)cc2)cc1. The van der Waals surface area contributed by atoms with Crippen molar-refractivity contribution >= 4 is 9.52 Å². The van der Waals surface area contributed by atoms with Crippen LogP contribution in [0.4, 0.5) is 0 Å². The van der Waals surface area contributed by atoms with Crippen LogP contribution in [0, 0.1) is 0 Å². The molecular formula is C27H36Si. The summed E-state index contributed by atoms with van der Waals surface area (Å²) in [7, 11) is -0.374. The van der Waals surface area contributed by atoms with Crippen molar-refractivity contribution in [2.75, 3.05) is 0 Å². The lowest BCUT2D eigenvalue weighted by molar-refractivity contribution is 0.794. The summed E-state index contributed by atoms with van der Waals surface area (Å²) in [6.07, 6.45) is 13.5. The van der Waals surface area contributed by atoms with E-state index in [1.165, 1.54) is 72.8 Å². The molecule has 28 heavy (non-hydrogen) atoms. The summed E-state index contributed by atoms with van der Waals surface area (Å²) < 4.78 is 0. The van der Waals surface area contributed by atoms with E-state index in [9.17, 15) is 0 Å². The molecule has 0 aromatic heterocycles. The van der Waals surface area contributed by atoms with Gasteiger partial charge in [0.15, 0.2) is 0 Å². The third-order valence-electron chi connectivity index (χ3n) is 5.99. The van der Waals surface area contributed by atoms with Gasteiger partial charge in [-0.05, 0) is 61.3 Å². The summed E-state index contributed by atoms with van der Waals surface area (Å²) in [6.45, 7) is 6.78. The molecule has 1 aliphatic rings. The number of rotatable bonds is 10. The van der Waals surface area contributed by atoms with Crippen LogP contribution in [-0.2, 0) is 12.8 Å². The van der Waals surface area contributed by atoms with Crippen LogP contribution >= 0.6 is 0 Å². The minimum absolute atomic E-state index is 0.374.